The van der Waals surface area contributed by atoms with E-state index >= 15 is 0 Å². The van der Waals surface area contributed by atoms with Gasteiger partial charge in [0.15, 0.2) is 5.96 Å². The molecule has 0 atom stereocenters. The number of thioether (sulfide) groups is 2. The molecule has 0 aliphatic carbocycles. The van der Waals surface area contributed by atoms with E-state index in [9.17, 15) is 4.39 Å². The molecule has 1 rings (SSSR count). The van der Waals surface area contributed by atoms with Crippen molar-refractivity contribution in [2.75, 3.05) is 37.4 Å². The highest BCUT2D eigenvalue weighted by Crippen LogP contribution is 2.14. The van der Waals surface area contributed by atoms with Gasteiger partial charge in [0.05, 0.1) is 6.54 Å². The molecular weight excluding hydrogens is 432 g/mol. The van der Waals surface area contributed by atoms with Gasteiger partial charge in [-0.3, -0.25) is 4.99 Å². The second-order valence-electron chi connectivity index (χ2n) is 4.32. The summed E-state index contributed by atoms with van der Waals surface area (Å²) < 4.78 is 13.4. The highest BCUT2D eigenvalue weighted by Gasteiger charge is 2.00. The number of aliphatic imine (C=N–C) groups is 1. The van der Waals surface area contributed by atoms with E-state index < -0.39 is 0 Å². The molecule has 0 bridgehead atoms. The zero-order valence-corrected chi connectivity index (χ0v) is 17.1. The summed E-state index contributed by atoms with van der Waals surface area (Å²) >= 11 is 3.51. The molecule has 22 heavy (non-hydrogen) atoms. The number of rotatable bonds is 9. The Morgan fingerprint density at radius 3 is 2.68 bits per heavy atom. The monoisotopic (exact) mass is 457 g/mol. The van der Waals surface area contributed by atoms with Crippen molar-refractivity contribution in [3.8, 4) is 0 Å². The summed E-state index contributed by atoms with van der Waals surface area (Å²) in [6.45, 7) is 4.55. The lowest BCUT2D eigenvalue weighted by Crippen LogP contribution is -2.38. The molecule has 3 nitrogen and oxygen atoms in total. The molecule has 0 unspecified atom stereocenters. The van der Waals surface area contributed by atoms with Crippen LogP contribution in [0.15, 0.2) is 29.3 Å². The molecule has 0 aliphatic heterocycles. The molecule has 0 fully saturated rings. The van der Waals surface area contributed by atoms with Crippen molar-refractivity contribution in [3.05, 3.63) is 35.6 Å². The minimum Gasteiger partial charge on any atom is -0.357 e. The van der Waals surface area contributed by atoms with E-state index in [2.05, 4.69) is 28.8 Å². The minimum absolute atomic E-state index is 0. The van der Waals surface area contributed by atoms with E-state index in [1.807, 2.05) is 23.9 Å². The van der Waals surface area contributed by atoms with Gasteiger partial charge < -0.3 is 10.6 Å². The zero-order chi connectivity index (χ0) is 15.3. The predicted molar refractivity (Wildman–Crippen MR) is 110 cm³/mol. The van der Waals surface area contributed by atoms with Crippen molar-refractivity contribution in [2.24, 2.45) is 4.99 Å². The summed E-state index contributed by atoms with van der Waals surface area (Å²) in [4.78, 5) is 4.51. The first-order valence-electron chi connectivity index (χ1n) is 7.10. The van der Waals surface area contributed by atoms with E-state index in [4.69, 9.17) is 0 Å². The quantitative estimate of drug-likeness (QED) is 0.257. The van der Waals surface area contributed by atoms with Gasteiger partial charge in [-0.2, -0.15) is 23.5 Å². The summed E-state index contributed by atoms with van der Waals surface area (Å²) in [6.07, 6.45) is 2.09. The molecule has 1 aromatic rings. The van der Waals surface area contributed by atoms with Crippen LogP contribution in [0.4, 0.5) is 4.39 Å². The van der Waals surface area contributed by atoms with Crippen LogP contribution in [0.3, 0.4) is 0 Å². The summed E-state index contributed by atoms with van der Waals surface area (Å²) in [5.41, 5.74) is 0.761. The largest absolute Gasteiger partial charge is 0.357 e. The number of hydrogen-bond donors (Lipinski definition) is 2. The summed E-state index contributed by atoms with van der Waals surface area (Å²) in [7, 11) is 0. The molecule has 0 saturated carbocycles. The Hall–Kier alpha value is -0.150. The fourth-order valence-electron chi connectivity index (χ4n) is 1.63. The molecule has 1 aromatic carbocycles. The number of hydrogen-bond acceptors (Lipinski definition) is 3. The SMILES string of the molecule is CCNC(=NCCSCc1ccccc1F)NCCSC.I. The van der Waals surface area contributed by atoms with Crippen molar-refractivity contribution in [1.29, 1.82) is 0 Å². The summed E-state index contributed by atoms with van der Waals surface area (Å²) in [5, 5.41) is 6.51. The molecule has 126 valence electrons. The number of guanidine groups is 1. The number of halogens is 2. The molecule has 0 amide bonds. The molecule has 2 N–H and O–H groups in total. The molecule has 0 heterocycles. The molecular formula is C15H25FIN3S2. The third-order valence-electron chi connectivity index (χ3n) is 2.66. The van der Waals surface area contributed by atoms with Crippen molar-refractivity contribution in [3.63, 3.8) is 0 Å². The van der Waals surface area contributed by atoms with E-state index in [-0.39, 0.29) is 29.8 Å². The Kier molecular flexibility index (Phi) is 14.3. The third-order valence-corrected chi connectivity index (χ3v) is 4.26. The van der Waals surface area contributed by atoms with Crippen LogP contribution in [0.25, 0.3) is 0 Å². The average Bonchev–Trinajstić information content (AvgIpc) is 2.49. The fourth-order valence-corrected chi connectivity index (χ4v) is 2.76. The number of benzene rings is 1. The normalized spacial score (nSPS) is 11.0. The topological polar surface area (TPSA) is 36.4 Å². The van der Waals surface area contributed by atoms with Crippen LogP contribution in [-0.4, -0.2) is 43.4 Å². The predicted octanol–water partition coefficient (Wildman–Crippen LogP) is 3.60. The summed E-state index contributed by atoms with van der Waals surface area (Å²) in [5.74, 6) is 3.37. The molecule has 0 aliphatic rings. The lowest BCUT2D eigenvalue weighted by molar-refractivity contribution is 0.617. The molecule has 0 radical (unpaired) electrons. The van der Waals surface area contributed by atoms with Crippen LogP contribution < -0.4 is 10.6 Å². The first-order chi connectivity index (χ1) is 10.3. The van der Waals surface area contributed by atoms with Gasteiger partial charge in [-0.05, 0) is 24.8 Å². The third kappa shape index (κ3) is 9.78. The first-order valence-corrected chi connectivity index (χ1v) is 9.65. The van der Waals surface area contributed by atoms with Crippen molar-refractivity contribution >= 4 is 53.5 Å². The maximum Gasteiger partial charge on any atom is 0.191 e. The Balaban J connectivity index is 0.00000441. The highest BCUT2D eigenvalue weighted by molar-refractivity contribution is 14.0. The van der Waals surface area contributed by atoms with Crippen molar-refractivity contribution in [1.82, 2.24) is 10.6 Å². The van der Waals surface area contributed by atoms with Gasteiger partial charge in [0.1, 0.15) is 5.82 Å². The van der Waals surface area contributed by atoms with Gasteiger partial charge in [0, 0.05) is 30.3 Å². The zero-order valence-electron chi connectivity index (χ0n) is 13.1. The number of nitrogens with zero attached hydrogens (tertiary/aromatic N) is 1. The van der Waals surface area contributed by atoms with Crippen LogP contribution in [0.1, 0.15) is 12.5 Å². The first kappa shape index (κ1) is 21.9. The van der Waals surface area contributed by atoms with Gasteiger partial charge in [-0.15, -0.1) is 24.0 Å². The average molecular weight is 457 g/mol. The van der Waals surface area contributed by atoms with Gasteiger partial charge in [-0.25, -0.2) is 4.39 Å². The highest BCUT2D eigenvalue weighted by atomic mass is 127. The van der Waals surface area contributed by atoms with E-state index in [0.717, 1.165) is 42.7 Å². The summed E-state index contributed by atoms with van der Waals surface area (Å²) in [6, 6.07) is 6.93. The minimum atomic E-state index is -0.124. The van der Waals surface area contributed by atoms with E-state index in [1.165, 1.54) is 6.07 Å². The second-order valence-corrected chi connectivity index (χ2v) is 6.41. The van der Waals surface area contributed by atoms with Crippen LogP contribution in [0.2, 0.25) is 0 Å². The Labute approximate surface area is 158 Å². The molecule has 7 heteroatoms. The smallest absolute Gasteiger partial charge is 0.191 e. The van der Waals surface area contributed by atoms with Gasteiger partial charge >= 0.3 is 0 Å². The van der Waals surface area contributed by atoms with Gasteiger partial charge in [-0.1, -0.05) is 18.2 Å². The van der Waals surface area contributed by atoms with Crippen LogP contribution in [0, 0.1) is 5.82 Å². The Morgan fingerprint density at radius 1 is 1.23 bits per heavy atom. The molecule has 0 saturated heterocycles. The molecule has 0 aromatic heterocycles. The second kappa shape index (κ2) is 14.4. The lowest BCUT2D eigenvalue weighted by atomic mass is 10.2. The fraction of sp³-hybridized carbons (Fsp3) is 0.533. The van der Waals surface area contributed by atoms with Crippen LogP contribution in [0.5, 0.6) is 0 Å². The maximum atomic E-state index is 13.4. The maximum absolute atomic E-state index is 13.4. The Morgan fingerprint density at radius 2 is 2.00 bits per heavy atom. The lowest BCUT2D eigenvalue weighted by Gasteiger charge is -2.10. The van der Waals surface area contributed by atoms with Crippen molar-refractivity contribution in [2.45, 2.75) is 12.7 Å². The van der Waals surface area contributed by atoms with E-state index in [1.54, 1.807) is 17.8 Å². The van der Waals surface area contributed by atoms with Crippen LogP contribution in [-0.2, 0) is 5.75 Å². The molecule has 0 spiro atoms. The number of nitrogens with one attached hydrogen (secondary N) is 2. The van der Waals surface area contributed by atoms with Gasteiger partial charge in [0.2, 0.25) is 0 Å². The van der Waals surface area contributed by atoms with Crippen molar-refractivity contribution < 1.29 is 4.39 Å². The van der Waals surface area contributed by atoms with Crippen LogP contribution >= 0.6 is 47.5 Å². The van der Waals surface area contributed by atoms with Gasteiger partial charge in [0.25, 0.3) is 0 Å². The van der Waals surface area contributed by atoms with E-state index in [0.29, 0.717) is 5.75 Å². The Bertz CT molecular complexity index is 433. The standard InChI is InChI=1S/C15H24FN3S2.HI/c1-3-17-15(18-8-10-20-2)19-9-11-21-12-13-6-4-5-7-14(13)16;/h4-7H,3,8-12H2,1-2H3,(H2,17,18,19);1H.